The summed E-state index contributed by atoms with van der Waals surface area (Å²) in [5, 5.41) is 0. The van der Waals surface area contributed by atoms with Gasteiger partial charge in [0, 0.05) is 16.9 Å². The number of rotatable bonds is 3. The summed E-state index contributed by atoms with van der Waals surface area (Å²) in [7, 11) is 0. The van der Waals surface area contributed by atoms with Gasteiger partial charge in [-0.2, -0.15) is 0 Å². The molecule has 15 heavy (non-hydrogen) atoms. The van der Waals surface area contributed by atoms with Crippen molar-refractivity contribution in [2.24, 2.45) is 0 Å². The van der Waals surface area contributed by atoms with Crippen molar-refractivity contribution < 1.29 is 4.74 Å². The SMILES string of the molecule is Brc1cncc(COC2CCCCC2)c1. The van der Waals surface area contributed by atoms with Crippen molar-refractivity contribution in [3.05, 3.63) is 28.5 Å². The van der Waals surface area contributed by atoms with Crippen molar-refractivity contribution in [3.63, 3.8) is 0 Å². The summed E-state index contributed by atoms with van der Waals surface area (Å²) in [5.74, 6) is 0. The maximum atomic E-state index is 5.86. The second-order valence-corrected chi connectivity index (χ2v) is 5.00. The fourth-order valence-electron chi connectivity index (χ4n) is 1.98. The third-order valence-corrected chi connectivity index (χ3v) is 3.23. The van der Waals surface area contributed by atoms with E-state index < -0.39 is 0 Å². The largest absolute Gasteiger partial charge is 0.373 e. The maximum Gasteiger partial charge on any atom is 0.0735 e. The molecule has 1 aliphatic rings. The standard InChI is InChI=1S/C12H16BrNO/c13-11-6-10(7-14-8-11)9-15-12-4-2-1-3-5-12/h6-8,12H,1-5,9H2. The van der Waals surface area contributed by atoms with Gasteiger partial charge in [-0.15, -0.1) is 0 Å². The molecule has 2 nitrogen and oxygen atoms in total. The van der Waals surface area contributed by atoms with Crippen LogP contribution in [0.4, 0.5) is 0 Å². The summed E-state index contributed by atoms with van der Waals surface area (Å²) in [4.78, 5) is 4.12. The molecule has 3 heteroatoms. The van der Waals surface area contributed by atoms with E-state index in [0.29, 0.717) is 12.7 Å². The van der Waals surface area contributed by atoms with Gasteiger partial charge in [0.1, 0.15) is 0 Å². The van der Waals surface area contributed by atoms with Crippen LogP contribution < -0.4 is 0 Å². The molecule has 0 N–H and O–H groups in total. The number of nitrogens with zero attached hydrogens (tertiary/aromatic N) is 1. The maximum absolute atomic E-state index is 5.86. The average Bonchev–Trinajstić information content (AvgIpc) is 2.28. The van der Waals surface area contributed by atoms with Gasteiger partial charge >= 0.3 is 0 Å². The molecule has 0 atom stereocenters. The highest BCUT2D eigenvalue weighted by Crippen LogP contribution is 2.21. The molecule has 0 saturated heterocycles. The van der Waals surface area contributed by atoms with Crippen LogP contribution in [0.2, 0.25) is 0 Å². The van der Waals surface area contributed by atoms with Crippen LogP contribution in [0.1, 0.15) is 37.7 Å². The van der Waals surface area contributed by atoms with Crippen LogP contribution in [0.25, 0.3) is 0 Å². The average molecular weight is 270 g/mol. The molecule has 0 radical (unpaired) electrons. The minimum absolute atomic E-state index is 0.470. The summed E-state index contributed by atoms with van der Waals surface area (Å²) >= 11 is 3.41. The Morgan fingerprint density at radius 1 is 1.27 bits per heavy atom. The van der Waals surface area contributed by atoms with Crippen molar-refractivity contribution in [2.45, 2.75) is 44.8 Å². The normalized spacial score (nSPS) is 17.9. The summed E-state index contributed by atoms with van der Waals surface area (Å²) in [6.07, 6.45) is 10.6. The van der Waals surface area contributed by atoms with Gasteiger partial charge in [0.2, 0.25) is 0 Å². The lowest BCUT2D eigenvalue weighted by atomic mass is 9.98. The third kappa shape index (κ3) is 3.58. The second kappa shape index (κ2) is 5.61. The number of hydrogen-bond donors (Lipinski definition) is 0. The highest BCUT2D eigenvalue weighted by atomic mass is 79.9. The van der Waals surface area contributed by atoms with Gasteiger partial charge < -0.3 is 4.74 Å². The van der Waals surface area contributed by atoms with E-state index in [1.165, 1.54) is 32.1 Å². The Bertz CT molecular complexity index is 310. The minimum atomic E-state index is 0.470. The summed E-state index contributed by atoms with van der Waals surface area (Å²) in [6.45, 7) is 0.692. The molecule has 2 rings (SSSR count). The zero-order valence-corrected chi connectivity index (χ0v) is 10.4. The first-order valence-electron chi connectivity index (χ1n) is 5.55. The van der Waals surface area contributed by atoms with E-state index >= 15 is 0 Å². The first-order valence-corrected chi connectivity index (χ1v) is 6.35. The number of halogens is 1. The third-order valence-electron chi connectivity index (χ3n) is 2.80. The molecule has 0 aliphatic heterocycles. The lowest BCUT2D eigenvalue weighted by molar-refractivity contribution is 0.0167. The molecule has 1 aliphatic carbocycles. The first-order chi connectivity index (χ1) is 7.34. The molecule has 82 valence electrons. The van der Waals surface area contributed by atoms with E-state index in [-0.39, 0.29) is 0 Å². The molecule has 0 unspecified atom stereocenters. The molecular formula is C12H16BrNO. The molecule has 0 bridgehead atoms. The summed E-state index contributed by atoms with van der Waals surface area (Å²) in [6, 6.07) is 2.07. The second-order valence-electron chi connectivity index (χ2n) is 4.08. The lowest BCUT2D eigenvalue weighted by Crippen LogP contribution is -2.16. The van der Waals surface area contributed by atoms with Crippen LogP contribution in [-0.4, -0.2) is 11.1 Å². The molecule has 0 aromatic carbocycles. The molecular weight excluding hydrogens is 254 g/mol. The van der Waals surface area contributed by atoms with Crippen LogP contribution in [0, 0.1) is 0 Å². The summed E-state index contributed by atoms with van der Waals surface area (Å²) < 4.78 is 6.88. The van der Waals surface area contributed by atoms with Crippen molar-refractivity contribution >= 4 is 15.9 Å². The van der Waals surface area contributed by atoms with Crippen molar-refractivity contribution in [3.8, 4) is 0 Å². The molecule has 0 amide bonds. The van der Waals surface area contributed by atoms with Crippen molar-refractivity contribution in [2.75, 3.05) is 0 Å². The predicted molar refractivity (Wildman–Crippen MR) is 63.6 cm³/mol. The van der Waals surface area contributed by atoms with E-state index in [9.17, 15) is 0 Å². The van der Waals surface area contributed by atoms with Crippen LogP contribution in [0.3, 0.4) is 0 Å². The molecule has 1 saturated carbocycles. The fourth-order valence-corrected chi connectivity index (χ4v) is 2.39. The highest BCUT2D eigenvalue weighted by molar-refractivity contribution is 9.10. The van der Waals surface area contributed by atoms with Gasteiger partial charge in [-0.3, -0.25) is 4.98 Å². The predicted octanol–water partition coefficient (Wildman–Crippen LogP) is 3.69. The minimum Gasteiger partial charge on any atom is -0.373 e. The zero-order valence-electron chi connectivity index (χ0n) is 8.79. The molecule has 1 aromatic heterocycles. The zero-order chi connectivity index (χ0) is 10.5. The Morgan fingerprint density at radius 2 is 2.07 bits per heavy atom. The van der Waals surface area contributed by atoms with Crippen molar-refractivity contribution in [1.82, 2.24) is 4.98 Å². The van der Waals surface area contributed by atoms with Crippen LogP contribution in [-0.2, 0) is 11.3 Å². The van der Waals surface area contributed by atoms with E-state index in [1.54, 1.807) is 6.20 Å². The summed E-state index contributed by atoms with van der Waals surface area (Å²) in [5.41, 5.74) is 1.15. The first kappa shape index (κ1) is 11.1. The molecule has 0 spiro atoms. The number of pyridine rings is 1. The Labute approximate surface area is 99.2 Å². The highest BCUT2D eigenvalue weighted by Gasteiger charge is 2.13. The quantitative estimate of drug-likeness (QED) is 0.835. The van der Waals surface area contributed by atoms with Crippen molar-refractivity contribution in [1.29, 1.82) is 0 Å². The smallest absolute Gasteiger partial charge is 0.0735 e. The van der Waals surface area contributed by atoms with E-state index in [2.05, 4.69) is 27.0 Å². The number of aromatic nitrogens is 1. The van der Waals surface area contributed by atoms with Gasteiger partial charge in [0.25, 0.3) is 0 Å². The lowest BCUT2D eigenvalue weighted by Gasteiger charge is -2.21. The molecule has 1 heterocycles. The van der Waals surface area contributed by atoms with Crippen LogP contribution in [0.5, 0.6) is 0 Å². The van der Waals surface area contributed by atoms with Gasteiger partial charge in [-0.05, 0) is 40.4 Å². The van der Waals surface area contributed by atoms with Crippen LogP contribution in [0.15, 0.2) is 22.9 Å². The Kier molecular flexibility index (Phi) is 4.15. The van der Waals surface area contributed by atoms with E-state index in [4.69, 9.17) is 4.74 Å². The Balaban J connectivity index is 1.81. The molecule has 1 fully saturated rings. The van der Waals surface area contributed by atoms with Crippen LogP contribution >= 0.6 is 15.9 Å². The monoisotopic (exact) mass is 269 g/mol. The van der Waals surface area contributed by atoms with Gasteiger partial charge in [-0.1, -0.05) is 19.3 Å². The Morgan fingerprint density at radius 3 is 2.80 bits per heavy atom. The number of ether oxygens (including phenoxy) is 1. The number of hydrogen-bond acceptors (Lipinski definition) is 2. The topological polar surface area (TPSA) is 22.1 Å². The Hall–Kier alpha value is -0.410. The molecule has 1 aromatic rings. The van der Waals surface area contributed by atoms with Gasteiger partial charge in [0.15, 0.2) is 0 Å². The van der Waals surface area contributed by atoms with E-state index in [0.717, 1.165) is 10.0 Å². The fraction of sp³-hybridized carbons (Fsp3) is 0.583. The van der Waals surface area contributed by atoms with Gasteiger partial charge in [0.05, 0.1) is 12.7 Å². The van der Waals surface area contributed by atoms with E-state index in [1.807, 2.05) is 6.20 Å². The van der Waals surface area contributed by atoms with Gasteiger partial charge in [-0.25, -0.2) is 0 Å².